The number of morpholine rings is 1. The topological polar surface area (TPSA) is 72.4 Å². The third kappa shape index (κ3) is 3.62. The van der Waals surface area contributed by atoms with Crippen LogP contribution in [0.3, 0.4) is 0 Å². The van der Waals surface area contributed by atoms with Gasteiger partial charge >= 0.3 is 0 Å². The summed E-state index contributed by atoms with van der Waals surface area (Å²) in [6.45, 7) is 4.97. The van der Waals surface area contributed by atoms with E-state index in [2.05, 4.69) is 14.9 Å². The van der Waals surface area contributed by atoms with Crippen molar-refractivity contribution in [3.63, 3.8) is 0 Å². The zero-order chi connectivity index (χ0) is 19.6. The molecule has 3 heterocycles. The van der Waals surface area contributed by atoms with Gasteiger partial charge in [-0.2, -0.15) is 0 Å². The second kappa shape index (κ2) is 7.69. The highest BCUT2D eigenvalue weighted by molar-refractivity contribution is 5.82. The van der Waals surface area contributed by atoms with Gasteiger partial charge in [0.1, 0.15) is 12.4 Å². The minimum atomic E-state index is -0.121. The van der Waals surface area contributed by atoms with Crippen LogP contribution in [-0.4, -0.2) is 58.9 Å². The van der Waals surface area contributed by atoms with Crippen molar-refractivity contribution >= 4 is 21.9 Å². The molecule has 0 aliphatic carbocycles. The van der Waals surface area contributed by atoms with Crippen molar-refractivity contribution in [2.24, 2.45) is 0 Å². The largest absolute Gasteiger partial charge is 0.492 e. The molecule has 1 aliphatic rings. The first-order valence-corrected chi connectivity index (χ1v) is 9.82. The molecular formula is C22H22N4O3. The van der Waals surface area contributed by atoms with Gasteiger partial charge in [-0.15, -0.1) is 0 Å². The maximum Gasteiger partial charge on any atom is 0.257 e. The second-order valence-electron chi connectivity index (χ2n) is 7.11. The Morgan fingerprint density at radius 3 is 2.83 bits per heavy atom. The predicted molar refractivity (Wildman–Crippen MR) is 112 cm³/mol. The molecule has 4 aromatic rings. The lowest BCUT2D eigenvalue weighted by Crippen LogP contribution is -2.38. The van der Waals surface area contributed by atoms with Crippen LogP contribution in [0.25, 0.3) is 27.9 Å². The summed E-state index contributed by atoms with van der Waals surface area (Å²) in [5.41, 5.74) is 2.33. The monoisotopic (exact) mass is 390 g/mol. The molecule has 0 spiro atoms. The van der Waals surface area contributed by atoms with E-state index in [-0.39, 0.29) is 5.56 Å². The van der Waals surface area contributed by atoms with Gasteiger partial charge in [0.25, 0.3) is 5.56 Å². The van der Waals surface area contributed by atoms with Crippen LogP contribution in [0.5, 0.6) is 5.75 Å². The van der Waals surface area contributed by atoms with Gasteiger partial charge in [-0.1, -0.05) is 18.2 Å². The number of nitrogens with one attached hydrogen (secondary N) is 1. The van der Waals surface area contributed by atoms with Crippen molar-refractivity contribution in [1.82, 2.24) is 19.4 Å². The molecule has 0 saturated carbocycles. The molecule has 148 valence electrons. The van der Waals surface area contributed by atoms with Gasteiger partial charge in [0.2, 0.25) is 5.95 Å². The Morgan fingerprint density at radius 1 is 1.07 bits per heavy atom. The Hall–Kier alpha value is -3.16. The van der Waals surface area contributed by atoms with Crippen LogP contribution >= 0.6 is 0 Å². The minimum absolute atomic E-state index is 0.121. The summed E-state index contributed by atoms with van der Waals surface area (Å²) in [6.07, 6.45) is 0. The Balaban J connectivity index is 1.40. The number of hydrogen-bond acceptors (Lipinski definition) is 5. The Bertz CT molecular complexity index is 1210. The van der Waals surface area contributed by atoms with Crippen LogP contribution in [0.2, 0.25) is 0 Å². The molecule has 2 aromatic heterocycles. The molecule has 5 rings (SSSR count). The fraction of sp³-hybridized carbons (Fsp3) is 0.273. The lowest BCUT2D eigenvalue weighted by Gasteiger charge is -2.26. The second-order valence-corrected chi connectivity index (χ2v) is 7.11. The smallest absolute Gasteiger partial charge is 0.257 e. The summed E-state index contributed by atoms with van der Waals surface area (Å²) < 4.78 is 12.9. The summed E-state index contributed by atoms with van der Waals surface area (Å²) in [4.78, 5) is 22.8. The highest BCUT2D eigenvalue weighted by atomic mass is 16.5. The number of rotatable bonds is 5. The molecule has 0 atom stereocenters. The summed E-state index contributed by atoms with van der Waals surface area (Å²) in [5.74, 6) is 1.29. The molecule has 0 amide bonds. The van der Waals surface area contributed by atoms with Gasteiger partial charge in [0, 0.05) is 31.8 Å². The van der Waals surface area contributed by atoms with Gasteiger partial charge in [-0.3, -0.25) is 9.69 Å². The molecule has 0 unspecified atom stereocenters. The molecule has 2 aromatic carbocycles. The third-order valence-corrected chi connectivity index (χ3v) is 5.24. The standard InChI is InChI=1S/C22H22N4O3/c27-21-8-5-16-3-1-2-4-20(16)26(21)22-23-18-7-6-17(15-19(18)24-22)29-14-11-25-9-12-28-13-10-25/h1-8,15H,9-14H2,(H,23,24). The van der Waals surface area contributed by atoms with Crippen molar-refractivity contribution < 1.29 is 9.47 Å². The van der Waals surface area contributed by atoms with E-state index in [1.807, 2.05) is 48.5 Å². The third-order valence-electron chi connectivity index (χ3n) is 5.24. The van der Waals surface area contributed by atoms with Crippen molar-refractivity contribution in [2.45, 2.75) is 0 Å². The van der Waals surface area contributed by atoms with E-state index in [4.69, 9.17) is 9.47 Å². The first-order valence-electron chi connectivity index (χ1n) is 9.82. The molecule has 1 saturated heterocycles. The Labute approximate surface area is 167 Å². The normalized spacial score (nSPS) is 15.2. The van der Waals surface area contributed by atoms with Gasteiger partial charge in [0.05, 0.1) is 29.8 Å². The molecule has 29 heavy (non-hydrogen) atoms. The maximum absolute atomic E-state index is 12.5. The molecule has 0 radical (unpaired) electrons. The fourth-order valence-corrected chi connectivity index (χ4v) is 3.69. The van der Waals surface area contributed by atoms with Crippen LogP contribution < -0.4 is 10.3 Å². The molecule has 7 nitrogen and oxygen atoms in total. The van der Waals surface area contributed by atoms with Crippen molar-refractivity contribution in [3.8, 4) is 11.7 Å². The van der Waals surface area contributed by atoms with Crippen LogP contribution in [0.1, 0.15) is 0 Å². The number of aromatic nitrogens is 3. The predicted octanol–water partition coefficient (Wildman–Crippen LogP) is 2.58. The average Bonchev–Trinajstić information content (AvgIpc) is 3.17. The zero-order valence-corrected chi connectivity index (χ0v) is 16.0. The Morgan fingerprint density at radius 2 is 1.93 bits per heavy atom. The molecule has 1 aliphatic heterocycles. The molecule has 1 N–H and O–H groups in total. The number of pyridine rings is 1. The number of H-pyrrole nitrogens is 1. The van der Waals surface area contributed by atoms with Crippen LogP contribution in [0, 0.1) is 0 Å². The lowest BCUT2D eigenvalue weighted by atomic mass is 10.2. The van der Waals surface area contributed by atoms with Crippen LogP contribution in [-0.2, 0) is 4.74 Å². The zero-order valence-electron chi connectivity index (χ0n) is 16.0. The number of fused-ring (bicyclic) bond motifs is 2. The fourth-order valence-electron chi connectivity index (χ4n) is 3.69. The highest BCUT2D eigenvalue weighted by Gasteiger charge is 2.12. The van der Waals surface area contributed by atoms with Gasteiger partial charge in [0.15, 0.2) is 0 Å². The van der Waals surface area contributed by atoms with E-state index in [0.717, 1.165) is 60.5 Å². The van der Waals surface area contributed by atoms with E-state index in [9.17, 15) is 4.79 Å². The summed E-state index contributed by atoms with van der Waals surface area (Å²) >= 11 is 0. The van der Waals surface area contributed by atoms with Gasteiger partial charge in [-0.25, -0.2) is 9.55 Å². The quantitative estimate of drug-likeness (QED) is 0.567. The van der Waals surface area contributed by atoms with Gasteiger partial charge in [-0.05, 0) is 29.7 Å². The molecular weight excluding hydrogens is 368 g/mol. The number of para-hydroxylation sites is 1. The summed E-state index contributed by atoms with van der Waals surface area (Å²) in [6, 6.07) is 16.9. The molecule has 1 fully saturated rings. The highest BCUT2D eigenvalue weighted by Crippen LogP contribution is 2.22. The lowest BCUT2D eigenvalue weighted by molar-refractivity contribution is 0.0322. The van der Waals surface area contributed by atoms with Gasteiger partial charge < -0.3 is 14.5 Å². The summed E-state index contributed by atoms with van der Waals surface area (Å²) in [5, 5.41) is 0.986. The minimum Gasteiger partial charge on any atom is -0.492 e. The van der Waals surface area contributed by atoms with Crippen molar-refractivity contribution in [2.75, 3.05) is 39.5 Å². The first-order chi connectivity index (χ1) is 14.3. The number of ether oxygens (including phenoxy) is 2. The van der Waals surface area contributed by atoms with E-state index >= 15 is 0 Å². The van der Waals surface area contributed by atoms with Crippen LogP contribution in [0.15, 0.2) is 59.4 Å². The molecule has 0 bridgehead atoms. The maximum atomic E-state index is 12.5. The van der Waals surface area contributed by atoms with E-state index in [1.165, 1.54) is 0 Å². The van der Waals surface area contributed by atoms with Crippen molar-refractivity contribution in [1.29, 1.82) is 0 Å². The number of benzene rings is 2. The number of hydrogen-bond donors (Lipinski definition) is 1. The number of aromatic amines is 1. The number of imidazole rings is 1. The SMILES string of the molecule is O=c1ccc2ccccc2n1-c1nc2ccc(OCCN3CCOCC3)cc2[nH]1. The number of nitrogens with zero attached hydrogens (tertiary/aromatic N) is 3. The van der Waals surface area contributed by atoms with E-state index in [1.54, 1.807) is 10.6 Å². The van der Waals surface area contributed by atoms with Crippen LogP contribution in [0.4, 0.5) is 0 Å². The summed E-state index contributed by atoms with van der Waals surface area (Å²) in [7, 11) is 0. The van der Waals surface area contributed by atoms with E-state index in [0.29, 0.717) is 12.6 Å². The first kappa shape index (κ1) is 17.9. The van der Waals surface area contributed by atoms with E-state index < -0.39 is 0 Å². The molecule has 7 heteroatoms. The average molecular weight is 390 g/mol. The van der Waals surface area contributed by atoms with Crippen molar-refractivity contribution in [3.05, 3.63) is 65.0 Å². The Kier molecular flexibility index (Phi) is 4.75.